The normalized spacial score (nSPS) is 17.9. The number of aryl methyl sites for hydroxylation is 1. The Hall–Kier alpha value is -1.72. The Morgan fingerprint density at radius 3 is 2.86 bits per heavy atom. The van der Waals surface area contributed by atoms with Crippen LogP contribution in [0.3, 0.4) is 0 Å². The van der Waals surface area contributed by atoms with Gasteiger partial charge in [0.05, 0.1) is 11.3 Å². The van der Waals surface area contributed by atoms with E-state index in [0.29, 0.717) is 25.3 Å². The summed E-state index contributed by atoms with van der Waals surface area (Å²) in [7, 11) is 0. The zero-order chi connectivity index (χ0) is 15.0. The minimum atomic E-state index is -0.544. The number of pyridine rings is 1. The minimum absolute atomic E-state index is 0.0562. The second kappa shape index (κ2) is 5.24. The largest absolute Gasteiger partial charge is 0.387 e. The lowest BCUT2D eigenvalue weighted by Gasteiger charge is -2.46. The molecule has 1 saturated heterocycles. The fourth-order valence-electron chi connectivity index (χ4n) is 3.09. The molecule has 1 N–H and O–H groups in total. The van der Waals surface area contributed by atoms with Crippen LogP contribution in [0, 0.1) is 6.92 Å². The molecule has 0 bridgehead atoms. The number of hydrogen-bond acceptors (Lipinski definition) is 4. The predicted molar refractivity (Wildman–Crippen MR) is 81.3 cm³/mol. The molecule has 0 radical (unpaired) electrons. The zero-order valence-corrected chi connectivity index (χ0v) is 12.5. The van der Waals surface area contributed by atoms with Crippen LogP contribution in [0.4, 0.5) is 0 Å². The summed E-state index contributed by atoms with van der Waals surface area (Å²) in [5, 5.41) is 10.2. The van der Waals surface area contributed by atoms with Crippen molar-refractivity contribution in [1.82, 2.24) is 14.3 Å². The first-order valence-corrected chi connectivity index (χ1v) is 7.43. The van der Waals surface area contributed by atoms with Crippen LogP contribution >= 0.6 is 0 Å². The third-order valence-electron chi connectivity index (χ3n) is 4.01. The molecule has 0 aromatic carbocycles. The van der Waals surface area contributed by atoms with Crippen LogP contribution in [0.5, 0.6) is 0 Å². The van der Waals surface area contributed by atoms with Crippen molar-refractivity contribution in [3.05, 3.63) is 46.0 Å². The Labute approximate surface area is 123 Å². The summed E-state index contributed by atoms with van der Waals surface area (Å²) >= 11 is 0. The van der Waals surface area contributed by atoms with Gasteiger partial charge < -0.3 is 5.11 Å². The van der Waals surface area contributed by atoms with Crippen LogP contribution in [0.1, 0.15) is 31.0 Å². The summed E-state index contributed by atoms with van der Waals surface area (Å²) in [5.74, 6) is 0. The molecule has 3 rings (SSSR count). The van der Waals surface area contributed by atoms with E-state index in [1.54, 1.807) is 16.7 Å². The first-order chi connectivity index (χ1) is 9.99. The Morgan fingerprint density at radius 2 is 2.14 bits per heavy atom. The molecule has 1 aliphatic heterocycles. The molecule has 0 atom stereocenters. The number of aliphatic hydroxyl groups is 1. The lowest BCUT2D eigenvalue weighted by molar-refractivity contribution is -0.107. The fourth-order valence-corrected chi connectivity index (χ4v) is 3.09. The molecule has 2 aromatic rings. The van der Waals surface area contributed by atoms with Gasteiger partial charge in [-0.15, -0.1) is 0 Å². The summed E-state index contributed by atoms with van der Waals surface area (Å²) in [4.78, 5) is 18.8. The molecule has 2 aromatic heterocycles. The van der Waals surface area contributed by atoms with Gasteiger partial charge in [-0.1, -0.05) is 13.3 Å². The van der Waals surface area contributed by atoms with Crippen LogP contribution in [-0.2, 0) is 6.54 Å². The van der Waals surface area contributed by atoms with Crippen molar-refractivity contribution in [2.45, 2.75) is 38.8 Å². The number of β-amino-alcohol motifs (C(OH)–C–C–N with tert-alkyl or cyclic N) is 1. The number of aromatic nitrogens is 2. The number of nitrogens with zero attached hydrogens (tertiary/aromatic N) is 3. The van der Waals surface area contributed by atoms with E-state index in [9.17, 15) is 9.90 Å². The Bertz CT molecular complexity index is 717. The maximum absolute atomic E-state index is 12.1. The van der Waals surface area contributed by atoms with E-state index in [1.807, 2.05) is 19.1 Å². The first-order valence-electron chi connectivity index (χ1n) is 7.43. The smallest absolute Gasteiger partial charge is 0.258 e. The van der Waals surface area contributed by atoms with Gasteiger partial charge in [-0.05, 0) is 31.0 Å². The molecule has 21 heavy (non-hydrogen) atoms. The Kier molecular flexibility index (Phi) is 3.55. The SMILES string of the molecule is CCCC1(O)CN(Cc2cc(=O)n3ccc(C)cc3n2)C1. The number of rotatable bonds is 4. The molecule has 1 aliphatic rings. The van der Waals surface area contributed by atoms with Gasteiger partial charge in [0.1, 0.15) is 5.65 Å². The van der Waals surface area contributed by atoms with Crippen molar-refractivity contribution < 1.29 is 5.11 Å². The van der Waals surface area contributed by atoms with E-state index < -0.39 is 5.60 Å². The molecule has 0 amide bonds. The van der Waals surface area contributed by atoms with E-state index in [2.05, 4.69) is 16.8 Å². The molecule has 0 spiro atoms. The van der Waals surface area contributed by atoms with Crippen LogP contribution in [0.15, 0.2) is 29.2 Å². The van der Waals surface area contributed by atoms with Crippen LogP contribution in [-0.4, -0.2) is 38.1 Å². The molecule has 3 heterocycles. The van der Waals surface area contributed by atoms with Gasteiger partial charge in [0.15, 0.2) is 0 Å². The highest BCUT2D eigenvalue weighted by Crippen LogP contribution is 2.26. The average molecular weight is 287 g/mol. The monoisotopic (exact) mass is 287 g/mol. The summed E-state index contributed by atoms with van der Waals surface area (Å²) in [6.45, 7) is 6.00. The molecule has 0 aliphatic carbocycles. The van der Waals surface area contributed by atoms with Crippen molar-refractivity contribution in [1.29, 1.82) is 0 Å². The molecule has 5 nitrogen and oxygen atoms in total. The van der Waals surface area contributed by atoms with Crippen LogP contribution < -0.4 is 5.56 Å². The molecular weight excluding hydrogens is 266 g/mol. The quantitative estimate of drug-likeness (QED) is 0.922. The maximum atomic E-state index is 12.1. The van der Waals surface area contributed by atoms with Gasteiger partial charge in [0, 0.05) is 31.9 Å². The van der Waals surface area contributed by atoms with Gasteiger partial charge in [0.25, 0.3) is 5.56 Å². The summed E-state index contributed by atoms with van der Waals surface area (Å²) in [5.41, 5.74) is 1.93. The van der Waals surface area contributed by atoms with Crippen molar-refractivity contribution >= 4 is 5.65 Å². The fraction of sp³-hybridized carbons (Fsp3) is 0.500. The summed E-state index contributed by atoms with van der Waals surface area (Å²) < 4.78 is 1.56. The molecule has 1 fully saturated rings. The number of hydrogen-bond donors (Lipinski definition) is 1. The summed E-state index contributed by atoms with van der Waals surface area (Å²) in [6.07, 6.45) is 3.57. The number of likely N-dealkylation sites (tertiary alicyclic amines) is 1. The third-order valence-corrected chi connectivity index (χ3v) is 4.01. The molecule has 0 saturated carbocycles. The van der Waals surface area contributed by atoms with Crippen molar-refractivity contribution in [3.63, 3.8) is 0 Å². The predicted octanol–water partition coefficient (Wildman–Crippen LogP) is 1.35. The van der Waals surface area contributed by atoms with Crippen molar-refractivity contribution in [2.75, 3.05) is 13.1 Å². The molecular formula is C16H21N3O2. The summed E-state index contributed by atoms with van der Waals surface area (Å²) in [6, 6.07) is 5.39. The minimum Gasteiger partial charge on any atom is -0.387 e. The second-order valence-electron chi connectivity index (χ2n) is 6.14. The van der Waals surface area contributed by atoms with Gasteiger partial charge in [-0.3, -0.25) is 14.1 Å². The van der Waals surface area contributed by atoms with E-state index in [1.165, 1.54) is 0 Å². The van der Waals surface area contributed by atoms with E-state index >= 15 is 0 Å². The second-order valence-corrected chi connectivity index (χ2v) is 6.14. The zero-order valence-electron chi connectivity index (χ0n) is 12.5. The van der Waals surface area contributed by atoms with Gasteiger partial charge in [-0.2, -0.15) is 0 Å². The van der Waals surface area contributed by atoms with Gasteiger partial charge >= 0.3 is 0 Å². The lowest BCUT2D eigenvalue weighted by atomic mass is 9.89. The van der Waals surface area contributed by atoms with E-state index in [-0.39, 0.29) is 5.56 Å². The standard InChI is InChI=1S/C16H21N3O2/c1-3-5-16(21)10-18(11-16)9-13-8-15(20)19-6-4-12(2)7-14(19)17-13/h4,6-8,21H,3,5,9-11H2,1-2H3. The molecule has 0 unspecified atom stereocenters. The topological polar surface area (TPSA) is 57.8 Å². The van der Waals surface area contributed by atoms with Gasteiger partial charge in [0.2, 0.25) is 0 Å². The highest BCUT2D eigenvalue weighted by atomic mass is 16.3. The first kappa shape index (κ1) is 14.2. The van der Waals surface area contributed by atoms with Crippen molar-refractivity contribution in [3.8, 4) is 0 Å². The van der Waals surface area contributed by atoms with Crippen LogP contribution in [0.2, 0.25) is 0 Å². The van der Waals surface area contributed by atoms with Crippen molar-refractivity contribution in [2.24, 2.45) is 0 Å². The number of fused-ring (bicyclic) bond motifs is 1. The highest BCUT2D eigenvalue weighted by molar-refractivity contribution is 5.41. The molecule has 5 heteroatoms. The molecule has 112 valence electrons. The van der Waals surface area contributed by atoms with E-state index in [4.69, 9.17) is 0 Å². The average Bonchev–Trinajstić information content (AvgIpc) is 2.36. The highest BCUT2D eigenvalue weighted by Gasteiger charge is 2.39. The lowest BCUT2D eigenvalue weighted by Crippen LogP contribution is -2.61. The van der Waals surface area contributed by atoms with Gasteiger partial charge in [-0.25, -0.2) is 4.98 Å². The van der Waals surface area contributed by atoms with E-state index in [0.717, 1.165) is 24.1 Å². The Morgan fingerprint density at radius 1 is 1.38 bits per heavy atom. The third kappa shape index (κ3) is 2.84. The van der Waals surface area contributed by atoms with Crippen LogP contribution in [0.25, 0.3) is 5.65 Å². The maximum Gasteiger partial charge on any atom is 0.258 e. The Balaban J connectivity index is 1.78.